The molecule has 6 rings (SSSR count). The van der Waals surface area contributed by atoms with E-state index in [0.29, 0.717) is 37.4 Å². The number of amides is 1. The van der Waals surface area contributed by atoms with Crippen LogP contribution in [0.4, 0.5) is 23.0 Å². The molecule has 1 unspecified atom stereocenters. The lowest BCUT2D eigenvalue weighted by Crippen LogP contribution is -2.50. The van der Waals surface area contributed by atoms with Gasteiger partial charge in [0.05, 0.1) is 19.2 Å². The highest BCUT2D eigenvalue weighted by atomic mass is 16.5. The molecule has 0 spiro atoms. The van der Waals surface area contributed by atoms with E-state index in [1.807, 2.05) is 54.6 Å². The summed E-state index contributed by atoms with van der Waals surface area (Å²) in [5.74, 6) is 2.12. The van der Waals surface area contributed by atoms with Crippen molar-refractivity contribution in [1.29, 1.82) is 0 Å². The summed E-state index contributed by atoms with van der Waals surface area (Å²) in [6, 6.07) is 25.2. The predicted molar refractivity (Wildman–Crippen MR) is 189 cm³/mol. The molecule has 3 N–H and O–H groups in total. The number of benzene rings is 3. The summed E-state index contributed by atoms with van der Waals surface area (Å²) in [4.78, 5) is 41.1. The van der Waals surface area contributed by atoms with Gasteiger partial charge < -0.3 is 20.7 Å². The Kier molecular flexibility index (Phi) is 10.9. The number of nitrogens with one attached hydrogen (secondary N) is 3. The number of ether oxygens (including phenoxy) is 1. The van der Waals surface area contributed by atoms with Gasteiger partial charge in [-0.05, 0) is 98.4 Å². The first-order chi connectivity index (χ1) is 23.4. The molecule has 4 aromatic rings. The highest BCUT2D eigenvalue weighted by Crippen LogP contribution is 2.25. The van der Waals surface area contributed by atoms with Crippen LogP contribution >= 0.6 is 0 Å². The predicted octanol–water partition coefficient (Wildman–Crippen LogP) is 5.85. The molecule has 1 amide bonds. The zero-order valence-electron chi connectivity index (χ0n) is 27.8. The minimum absolute atomic E-state index is 0.0611. The van der Waals surface area contributed by atoms with Gasteiger partial charge in [0, 0.05) is 37.0 Å². The third-order valence-corrected chi connectivity index (χ3v) is 9.17. The van der Waals surface area contributed by atoms with Gasteiger partial charge in [0.2, 0.25) is 5.91 Å². The van der Waals surface area contributed by atoms with Crippen molar-refractivity contribution >= 4 is 34.7 Å². The Morgan fingerprint density at radius 3 is 2.19 bits per heavy atom. The van der Waals surface area contributed by atoms with Crippen LogP contribution in [0.1, 0.15) is 49.3 Å². The first-order valence-electron chi connectivity index (χ1n) is 16.9. The number of Topliss-reactive ketones (excluding diaryl/α,β-unsaturated/α-hetero) is 1. The number of methoxy groups -OCH3 is 1. The Bertz CT molecular complexity index is 1700. The summed E-state index contributed by atoms with van der Waals surface area (Å²) >= 11 is 0. The molecule has 1 fully saturated rings. The fourth-order valence-corrected chi connectivity index (χ4v) is 6.60. The van der Waals surface area contributed by atoms with Crippen LogP contribution in [0, 0.1) is 0 Å². The molecule has 10 heteroatoms. The first-order valence-corrected chi connectivity index (χ1v) is 16.9. The summed E-state index contributed by atoms with van der Waals surface area (Å²) in [5.41, 5.74) is 5.09. The van der Waals surface area contributed by atoms with Crippen LogP contribution < -0.4 is 20.7 Å². The number of nitrogens with zero attached hydrogens (tertiary/aromatic N) is 4. The van der Waals surface area contributed by atoms with E-state index in [2.05, 4.69) is 66.9 Å². The number of carbonyl (C=O) groups excluding carboxylic acids is 2. The van der Waals surface area contributed by atoms with E-state index in [4.69, 9.17) is 4.74 Å². The maximum Gasteiger partial charge on any atom is 0.237 e. The maximum absolute atomic E-state index is 13.9. The van der Waals surface area contributed by atoms with Gasteiger partial charge in [-0.1, -0.05) is 43.3 Å². The Morgan fingerprint density at radius 2 is 1.52 bits per heavy atom. The van der Waals surface area contributed by atoms with Crippen molar-refractivity contribution in [2.24, 2.45) is 0 Å². The van der Waals surface area contributed by atoms with Crippen molar-refractivity contribution in [3.05, 3.63) is 102 Å². The van der Waals surface area contributed by atoms with Gasteiger partial charge in [-0.2, -0.15) is 0 Å². The molecule has 2 aliphatic rings. The van der Waals surface area contributed by atoms with Gasteiger partial charge in [0.1, 0.15) is 23.7 Å². The van der Waals surface area contributed by atoms with Gasteiger partial charge >= 0.3 is 0 Å². The topological polar surface area (TPSA) is 112 Å². The van der Waals surface area contributed by atoms with Crippen molar-refractivity contribution in [3.63, 3.8) is 0 Å². The van der Waals surface area contributed by atoms with Crippen molar-refractivity contribution in [1.82, 2.24) is 25.1 Å². The summed E-state index contributed by atoms with van der Waals surface area (Å²) in [6.07, 6.45) is 4.78. The van der Waals surface area contributed by atoms with E-state index >= 15 is 0 Å². The largest absolute Gasteiger partial charge is 0.497 e. The highest BCUT2D eigenvalue weighted by molar-refractivity contribution is 5.91. The molecule has 1 saturated heterocycles. The van der Waals surface area contributed by atoms with Crippen LogP contribution in [0.3, 0.4) is 0 Å². The molecule has 6 bridgehead atoms. The van der Waals surface area contributed by atoms with Crippen LogP contribution in [0.25, 0.3) is 0 Å². The maximum atomic E-state index is 13.9. The van der Waals surface area contributed by atoms with Crippen LogP contribution in [0.2, 0.25) is 0 Å². The van der Waals surface area contributed by atoms with Crippen molar-refractivity contribution in [2.75, 3.05) is 37.4 Å². The quantitative estimate of drug-likeness (QED) is 0.251. The number of carbonyl (C=O) groups is 2. The van der Waals surface area contributed by atoms with Crippen LogP contribution in [-0.2, 0) is 29.1 Å². The van der Waals surface area contributed by atoms with Crippen LogP contribution in [-0.4, -0.2) is 70.3 Å². The standard InChI is InChI=1S/C38H45N7O3/c1-3-44-18-7-13-35(46)33(22-27-14-16-32(48-2)17-15-27)43-38(47)34-12-6-19-45(34)25-29-9-5-11-31(21-29)42-37-23-36(39-26-40-37)41-30-10-4-8-28(20-30)24-44/h4-5,8-11,14-17,20-21,23,26,33-34H,3,6-7,12-13,18-19,22,24-25H2,1-2H3,(H,43,47)(H2,39,40,41,42)/t33-,34?/m0/s1. The fraction of sp³-hybridized carbons (Fsp3) is 0.368. The molecule has 1 aromatic heterocycles. The van der Waals surface area contributed by atoms with Gasteiger partial charge in [-0.15, -0.1) is 0 Å². The second-order valence-electron chi connectivity index (χ2n) is 12.6. The number of fused-ring (bicyclic) bond motifs is 7. The smallest absolute Gasteiger partial charge is 0.237 e. The fourth-order valence-electron chi connectivity index (χ4n) is 6.60. The average Bonchev–Trinajstić information content (AvgIpc) is 3.56. The molecule has 2 aliphatic heterocycles. The van der Waals surface area contributed by atoms with Crippen LogP contribution in [0.5, 0.6) is 5.75 Å². The summed E-state index contributed by atoms with van der Waals surface area (Å²) in [6.45, 7) is 5.99. The number of hydrogen-bond acceptors (Lipinski definition) is 9. The minimum Gasteiger partial charge on any atom is -0.497 e. The molecule has 3 aromatic carbocycles. The number of aromatic nitrogens is 2. The third kappa shape index (κ3) is 8.76. The lowest BCUT2D eigenvalue weighted by Gasteiger charge is -2.27. The van der Waals surface area contributed by atoms with E-state index in [9.17, 15) is 9.59 Å². The minimum atomic E-state index is -0.601. The van der Waals surface area contributed by atoms with E-state index in [0.717, 1.165) is 67.3 Å². The lowest BCUT2D eigenvalue weighted by atomic mass is 9.98. The third-order valence-electron chi connectivity index (χ3n) is 9.17. The van der Waals surface area contributed by atoms with E-state index in [1.165, 1.54) is 5.56 Å². The zero-order chi connectivity index (χ0) is 33.3. The normalized spacial score (nSPS) is 19.8. The first kappa shape index (κ1) is 33.1. The summed E-state index contributed by atoms with van der Waals surface area (Å²) in [7, 11) is 1.64. The van der Waals surface area contributed by atoms with Gasteiger partial charge in [0.15, 0.2) is 5.78 Å². The molecule has 0 radical (unpaired) electrons. The molecular weight excluding hydrogens is 602 g/mol. The lowest BCUT2D eigenvalue weighted by molar-refractivity contribution is -0.130. The van der Waals surface area contributed by atoms with Gasteiger partial charge in [-0.3, -0.25) is 19.4 Å². The Hall–Kier alpha value is -4.80. The second kappa shape index (κ2) is 15.9. The number of rotatable bonds is 4. The second-order valence-corrected chi connectivity index (χ2v) is 12.6. The number of ketones is 1. The summed E-state index contributed by atoms with van der Waals surface area (Å²) in [5, 5.41) is 10.0. The van der Waals surface area contributed by atoms with Crippen molar-refractivity contribution in [2.45, 2.75) is 64.2 Å². The molecule has 250 valence electrons. The van der Waals surface area contributed by atoms with Gasteiger partial charge in [-0.25, -0.2) is 9.97 Å². The van der Waals surface area contributed by atoms with Crippen molar-refractivity contribution < 1.29 is 14.3 Å². The zero-order valence-corrected chi connectivity index (χ0v) is 27.8. The van der Waals surface area contributed by atoms with E-state index < -0.39 is 6.04 Å². The molecule has 3 heterocycles. The molecule has 48 heavy (non-hydrogen) atoms. The molecular formula is C38H45N7O3. The highest BCUT2D eigenvalue weighted by Gasteiger charge is 2.33. The molecule has 2 atom stereocenters. The molecule has 0 saturated carbocycles. The summed E-state index contributed by atoms with van der Waals surface area (Å²) < 4.78 is 5.33. The Labute approximate surface area is 282 Å². The number of hydrogen-bond donors (Lipinski definition) is 3. The van der Waals surface area contributed by atoms with Crippen LogP contribution in [0.15, 0.2) is 85.2 Å². The van der Waals surface area contributed by atoms with E-state index in [1.54, 1.807) is 13.4 Å². The average molecular weight is 648 g/mol. The monoisotopic (exact) mass is 647 g/mol. The Balaban J connectivity index is 1.27. The number of anilines is 4. The SMILES string of the molecule is CCN1CCCC(=O)[C@H](Cc2ccc(OC)cc2)NC(=O)C2CCCN2Cc2cccc(c2)Nc2cc(ncn2)Nc2cccc(c2)C1. The van der Waals surface area contributed by atoms with Gasteiger partial charge in [0.25, 0.3) is 0 Å². The molecule has 10 nitrogen and oxygen atoms in total. The molecule has 0 aliphatic carbocycles. The van der Waals surface area contributed by atoms with E-state index in [-0.39, 0.29) is 17.7 Å². The Morgan fingerprint density at radius 1 is 0.833 bits per heavy atom. The van der Waals surface area contributed by atoms with Crippen molar-refractivity contribution in [3.8, 4) is 5.75 Å².